The summed E-state index contributed by atoms with van der Waals surface area (Å²) in [6.45, 7) is 4.45. The lowest BCUT2D eigenvalue weighted by Crippen LogP contribution is -2.11. The highest BCUT2D eigenvalue weighted by atomic mass is 16.3. The van der Waals surface area contributed by atoms with Crippen LogP contribution in [0.1, 0.15) is 42.5 Å². The molecule has 0 bridgehead atoms. The Morgan fingerprint density at radius 3 is 1.51 bits per heavy atom. The first kappa shape index (κ1) is 38.9. The Morgan fingerprint density at radius 1 is 0.397 bits per heavy atom. The molecular formula is C64H46N2O2. The van der Waals surface area contributed by atoms with Crippen LogP contribution in [0.2, 0.25) is 0 Å². The van der Waals surface area contributed by atoms with Crippen LogP contribution in [-0.2, 0) is 19.3 Å². The Kier molecular flexibility index (Phi) is 8.63. The van der Waals surface area contributed by atoms with Crippen LogP contribution in [0.15, 0.2) is 197 Å². The van der Waals surface area contributed by atoms with Crippen molar-refractivity contribution in [2.75, 3.05) is 9.80 Å². The van der Waals surface area contributed by atoms with E-state index >= 15 is 0 Å². The Morgan fingerprint density at radius 2 is 0.912 bits per heavy atom. The van der Waals surface area contributed by atoms with Crippen LogP contribution in [0.4, 0.5) is 34.1 Å². The van der Waals surface area contributed by atoms with Gasteiger partial charge in [0.25, 0.3) is 0 Å². The summed E-state index contributed by atoms with van der Waals surface area (Å²) in [5.41, 5.74) is 15.3. The lowest BCUT2D eigenvalue weighted by Gasteiger charge is -2.29. The monoisotopic (exact) mass is 874 g/mol. The summed E-state index contributed by atoms with van der Waals surface area (Å²) in [5.74, 6) is 0. The van der Waals surface area contributed by atoms with Crippen LogP contribution in [0, 0.1) is 0 Å². The number of anilines is 6. The minimum atomic E-state index is 0.879. The van der Waals surface area contributed by atoms with E-state index in [1.54, 1.807) is 0 Å². The minimum absolute atomic E-state index is 0.879. The van der Waals surface area contributed by atoms with Crippen molar-refractivity contribution in [2.45, 2.75) is 39.5 Å². The molecule has 2 heterocycles. The first-order valence-corrected chi connectivity index (χ1v) is 24.1. The molecule has 11 aromatic carbocycles. The zero-order valence-electron chi connectivity index (χ0n) is 38.0. The van der Waals surface area contributed by atoms with Crippen LogP contribution in [0.3, 0.4) is 0 Å². The fourth-order valence-corrected chi connectivity index (χ4v) is 11.7. The largest absolute Gasteiger partial charge is 0.454 e. The lowest BCUT2D eigenvalue weighted by molar-refractivity contribution is 0.663. The van der Waals surface area contributed by atoms with E-state index in [1.165, 1.54) is 76.1 Å². The maximum atomic E-state index is 7.14. The second-order valence-corrected chi connectivity index (χ2v) is 18.4. The molecule has 1 aliphatic rings. The summed E-state index contributed by atoms with van der Waals surface area (Å²) >= 11 is 0. The van der Waals surface area contributed by atoms with Crippen LogP contribution >= 0.6 is 0 Å². The van der Waals surface area contributed by atoms with Crippen LogP contribution in [0.25, 0.3) is 93.0 Å². The number of nitrogens with zero attached hydrogens (tertiary/aromatic N) is 2. The molecule has 0 saturated carbocycles. The van der Waals surface area contributed by atoms with E-state index in [9.17, 15) is 0 Å². The van der Waals surface area contributed by atoms with Crippen molar-refractivity contribution in [3.05, 3.63) is 210 Å². The summed E-state index contributed by atoms with van der Waals surface area (Å²) in [7, 11) is 0. The van der Waals surface area contributed by atoms with Gasteiger partial charge in [0.1, 0.15) is 11.2 Å². The van der Waals surface area contributed by atoms with Gasteiger partial charge in [0, 0.05) is 43.7 Å². The number of hydrogen-bond acceptors (Lipinski definition) is 4. The Labute approximate surface area is 393 Å². The van der Waals surface area contributed by atoms with Gasteiger partial charge in [0.05, 0.1) is 22.7 Å². The van der Waals surface area contributed by atoms with Crippen molar-refractivity contribution in [1.29, 1.82) is 0 Å². The molecule has 0 spiro atoms. The summed E-state index contributed by atoms with van der Waals surface area (Å²) in [6.07, 6.45) is 8.53. The molecule has 4 heteroatoms. The Hall–Kier alpha value is -8.34. The molecule has 0 saturated heterocycles. The highest BCUT2D eigenvalue weighted by molar-refractivity contribution is 6.29. The van der Waals surface area contributed by atoms with Crippen molar-refractivity contribution < 1.29 is 8.83 Å². The average Bonchev–Trinajstić information content (AvgIpc) is 4.00. The maximum absolute atomic E-state index is 7.14. The van der Waals surface area contributed by atoms with Crippen molar-refractivity contribution >= 4 is 127 Å². The highest BCUT2D eigenvalue weighted by Gasteiger charge is 2.27. The number of allylic oxidation sites excluding steroid dienone is 1. The molecule has 0 unspecified atom stereocenters. The van der Waals surface area contributed by atoms with Crippen LogP contribution in [-0.4, -0.2) is 0 Å². The Balaban J connectivity index is 1.02. The summed E-state index contributed by atoms with van der Waals surface area (Å²) in [5, 5.41) is 14.3. The van der Waals surface area contributed by atoms with Gasteiger partial charge < -0.3 is 18.6 Å². The van der Waals surface area contributed by atoms with Gasteiger partial charge in [-0.25, -0.2) is 0 Å². The SMILES string of the molecule is CCc1cc2c(c3c1oc1c(N(c4ccccc4)c4ccc5ccc6c(N(c7ccccc7)c7cccc8c7oc7c(CC)cc9ccccc9c78)ccc7ccc4c5c76)cccc13)C=CCC2. The smallest absolute Gasteiger partial charge is 0.159 e. The molecule has 13 aromatic rings. The zero-order valence-corrected chi connectivity index (χ0v) is 38.0. The minimum Gasteiger partial charge on any atom is -0.454 e. The number of para-hydroxylation sites is 4. The van der Waals surface area contributed by atoms with E-state index in [2.05, 4.69) is 218 Å². The number of hydrogen-bond donors (Lipinski definition) is 0. The topological polar surface area (TPSA) is 32.8 Å². The van der Waals surface area contributed by atoms with Crippen molar-refractivity contribution in [1.82, 2.24) is 0 Å². The van der Waals surface area contributed by atoms with Gasteiger partial charge in [0.15, 0.2) is 11.2 Å². The lowest BCUT2D eigenvalue weighted by atomic mass is 9.90. The molecule has 0 atom stereocenters. The van der Waals surface area contributed by atoms with Crippen molar-refractivity contribution in [3.8, 4) is 0 Å². The maximum Gasteiger partial charge on any atom is 0.159 e. The molecule has 1 aliphatic carbocycles. The molecule has 0 N–H and O–H groups in total. The van der Waals surface area contributed by atoms with Gasteiger partial charge >= 0.3 is 0 Å². The fourth-order valence-electron chi connectivity index (χ4n) is 11.7. The predicted molar refractivity (Wildman–Crippen MR) is 288 cm³/mol. The number of aryl methyl sites for hydroxylation is 3. The first-order chi connectivity index (χ1) is 33.7. The summed E-state index contributed by atoms with van der Waals surface area (Å²) in [6, 6.07) is 66.7. The normalized spacial score (nSPS) is 12.8. The van der Waals surface area contributed by atoms with E-state index in [-0.39, 0.29) is 0 Å². The zero-order chi connectivity index (χ0) is 45.0. The van der Waals surface area contributed by atoms with Gasteiger partial charge in [-0.15, -0.1) is 0 Å². The molecule has 0 fully saturated rings. The standard InChI is InChI=1S/C64H46N2O2/c1-3-39-37-43-17-11-13-23-47(43)59-51-25-15-27-55(63(51)67-61(39)59)65(45-19-7-5-8-20-45)53-35-31-41-30-34-50-54(36-32-42-29-33-49(53)57(41)58(42)50)66(46-21-9-6-10-22-46)56-28-16-26-52-60-48-24-14-12-18-44(48)38-40(4-2)62(60)68-64(52)56/h5-11,13-17,19-38H,3-4,12,18H2,1-2H3. The molecule has 0 aliphatic heterocycles. The third-order valence-electron chi connectivity index (χ3n) is 14.7. The number of rotatable bonds is 8. The van der Waals surface area contributed by atoms with E-state index in [0.29, 0.717) is 0 Å². The molecule has 0 amide bonds. The quantitative estimate of drug-likeness (QED) is 0.142. The molecule has 324 valence electrons. The molecule has 0 radical (unpaired) electrons. The van der Waals surface area contributed by atoms with E-state index in [0.717, 1.165) is 92.9 Å². The highest BCUT2D eigenvalue weighted by Crippen LogP contribution is 2.51. The summed E-state index contributed by atoms with van der Waals surface area (Å²) in [4.78, 5) is 4.82. The van der Waals surface area contributed by atoms with Gasteiger partial charge in [-0.3, -0.25) is 0 Å². The molecule has 14 rings (SSSR count). The third-order valence-corrected chi connectivity index (χ3v) is 14.7. The van der Waals surface area contributed by atoms with Gasteiger partial charge in [-0.1, -0.05) is 153 Å². The average molecular weight is 875 g/mol. The van der Waals surface area contributed by atoms with Gasteiger partial charge in [-0.05, 0) is 135 Å². The first-order valence-electron chi connectivity index (χ1n) is 24.1. The fraction of sp³-hybridized carbons (Fsp3) is 0.0938. The predicted octanol–water partition coefficient (Wildman–Crippen LogP) is 18.6. The molecule has 4 nitrogen and oxygen atoms in total. The van der Waals surface area contributed by atoms with Crippen molar-refractivity contribution in [3.63, 3.8) is 0 Å². The van der Waals surface area contributed by atoms with Crippen LogP contribution in [0.5, 0.6) is 0 Å². The van der Waals surface area contributed by atoms with E-state index < -0.39 is 0 Å². The van der Waals surface area contributed by atoms with Crippen molar-refractivity contribution in [2.24, 2.45) is 0 Å². The molecule has 68 heavy (non-hydrogen) atoms. The Bertz CT molecular complexity index is 4180. The third kappa shape index (κ3) is 5.61. The molecule has 2 aromatic heterocycles. The van der Waals surface area contributed by atoms with Crippen LogP contribution < -0.4 is 9.80 Å². The van der Waals surface area contributed by atoms with E-state index in [4.69, 9.17) is 8.83 Å². The molecular weight excluding hydrogens is 829 g/mol. The second kappa shape index (κ2) is 15.1. The number of benzene rings is 11. The van der Waals surface area contributed by atoms with Gasteiger partial charge in [-0.2, -0.15) is 0 Å². The van der Waals surface area contributed by atoms with E-state index in [1.807, 2.05) is 0 Å². The number of fused-ring (bicyclic) bond motifs is 10. The summed E-state index contributed by atoms with van der Waals surface area (Å²) < 4.78 is 14.3. The second-order valence-electron chi connectivity index (χ2n) is 18.4. The number of furan rings is 2. The van der Waals surface area contributed by atoms with Gasteiger partial charge in [0.2, 0.25) is 0 Å².